The minimum absolute atomic E-state index is 0.155. The highest BCUT2D eigenvalue weighted by Gasteiger charge is 2.16. The Balaban J connectivity index is 1.44. The number of aromatic nitrogens is 2. The molecule has 4 rings (SSSR count). The number of imidazole rings is 1. The Morgan fingerprint density at radius 3 is 2.41 bits per heavy atom. The summed E-state index contributed by atoms with van der Waals surface area (Å²) in [5, 5.41) is 2.95. The monoisotopic (exact) mass is 446 g/mol. The average Bonchev–Trinajstić information content (AvgIpc) is 3.35. The van der Waals surface area contributed by atoms with Gasteiger partial charge in [-0.15, -0.1) is 0 Å². The molecule has 32 heavy (non-hydrogen) atoms. The molecule has 1 amide bonds. The highest BCUT2D eigenvalue weighted by Crippen LogP contribution is 2.19. The third-order valence-corrected chi connectivity index (χ3v) is 6.37. The van der Waals surface area contributed by atoms with Crippen LogP contribution in [0, 0.1) is 0 Å². The molecule has 1 aromatic heterocycles. The van der Waals surface area contributed by atoms with Gasteiger partial charge >= 0.3 is 0 Å². The van der Waals surface area contributed by atoms with Crippen LogP contribution in [0.5, 0.6) is 0 Å². The van der Waals surface area contributed by atoms with E-state index in [2.05, 4.69) is 15.0 Å². The Morgan fingerprint density at radius 1 is 0.969 bits per heavy atom. The maximum absolute atomic E-state index is 12.8. The lowest BCUT2D eigenvalue weighted by atomic mass is 10.1. The van der Waals surface area contributed by atoms with E-state index in [0.717, 1.165) is 11.3 Å². The van der Waals surface area contributed by atoms with Gasteiger partial charge in [0.2, 0.25) is 0 Å². The van der Waals surface area contributed by atoms with Crippen molar-refractivity contribution in [3.63, 3.8) is 0 Å². The van der Waals surface area contributed by atoms with Crippen molar-refractivity contribution >= 4 is 21.6 Å². The minimum Gasteiger partial charge on any atom is -0.346 e. The highest BCUT2D eigenvalue weighted by atomic mass is 32.2. The third kappa shape index (κ3) is 4.87. The SMILES string of the molecule is C[C@@H](NC(=O)c1cccc(NS(=O)(=O)c2ccccc2)c1)c1ccc(-n2ccnc2)cc1. The molecule has 0 aliphatic heterocycles. The van der Waals surface area contributed by atoms with Crippen LogP contribution in [-0.4, -0.2) is 23.9 Å². The molecule has 0 fully saturated rings. The predicted octanol–water partition coefficient (Wildman–Crippen LogP) is 4.16. The normalized spacial score (nSPS) is 12.2. The summed E-state index contributed by atoms with van der Waals surface area (Å²) in [6.07, 6.45) is 5.29. The van der Waals surface area contributed by atoms with Crippen LogP contribution in [0.3, 0.4) is 0 Å². The highest BCUT2D eigenvalue weighted by molar-refractivity contribution is 7.92. The number of carbonyl (C=O) groups excluding carboxylic acids is 1. The van der Waals surface area contributed by atoms with Gasteiger partial charge in [-0.25, -0.2) is 13.4 Å². The minimum atomic E-state index is -3.73. The molecule has 0 aliphatic rings. The van der Waals surface area contributed by atoms with Crippen molar-refractivity contribution < 1.29 is 13.2 Å². The zero-order chi connectivity index (χ0) is 22.6. The Hall–Kier alpha value is -3.91. The van der Waals surface area contributed by atoms with Gasteiger partial charge < -0.3 is 9.88 Å². The van der Waals surface area contributed by atoms with Crippen molar-refractivity contribution in [2.24, 2.45) is 0 Å². The Morgan fingerprint density at radius 2 is 1.72 bits per heavy atom. The molecule has 0 bridgehead atoms. The van der Waals surface area contributed by atoms with Crippen molar-refractivity contribution in [1.29, 1.82) is 0 Å². The first-order valence-electron chi connectivity index (χ1n) is 9.99. The second kappa shape index (κ2) is 9.07. The van der Waals surface area contributed by atoms with Gasteiger partial charge in [-0.3, -0.25) is 9.52 Å². The van der Waals surface area contributed by atoms with E-state index in [9.17, 15) is 13.2 Å². The molecule has 0 saturated carbocycles. The van der Waals surface area contributed by atoms with Crippen molar-refractivity contribution in [3.05, 3.63) is 109 Å². The molecule has 0 aliphatic carbocycles. The quantitative estimate of drug-likeness (QED) is 0.446. The van der Waals surface area contributed by atoms with Gasteiger partial charge in [0.25, 0.3) is 15.9 Å². The molecule has 2 N–H and O–H groups in total. The van der Waals surface area contributed by atoms with Crippen LogP contribution < -0.4 is 10.0 Å². The van der Waals surface area contributed by atoms with Crippen LogP contribution in [0.15, 0.2) is 102 Å². The molecular weight excluding hydrogens is 424 g/mol. The van der Waals surface area contributed by atoms with Gasteiger partial charge in [-0.2, -0.15) is 0 Å². The van der Waals surface area contributed by atoms with E-state index >= 15 is 0 Å². The average molecular weight is 447 g/mol. The van der Waals surface area contributed by atoms with E-state index in [1.807, 2.05) is 42.0 Å². The number of hydrogen-bond acceptors (Lipinski definition) is 4. The zero-order valence-corrected chi connectivity index (χ0v) is 18.2. The molecule has 0 radical (unpaired) electrons. The summed E-state index contributed by atoms with van der Waals surface area (Å²) < 4.78 is 29.5. The summed E-state index contributed by atoms with van der Waals surface area (Å²) in [5.41, 5.74) is 2.60. The molecule has 4 aromatic rings. The van der Waals surface area contributed by atoms with Gasteiger partial charge in [0.1, 0.15) is 0 Å². The molecule has 0 saturated heterocycles. The third-order valence-electron chi connectivity index (χ3n) is 4.97. The van der Waals surface area contributed by atoms with Crippen molar-refractivity contribution in [1.82, 2.24) is 14.9 Å². The number of nitrogens with one attached hydrogen (secondary N) is 2. The summed E-state index contributed by atoms with van der Waals surface area (Å²) in [6, 6.07) is 22.1. The number of hydrogen-bond donors (Lipinski definition) is 2. The molecule has 7 nitrogen and oxygen atoms in total. The van der Waals surface area contributed by atoms with E-state index in [4.69, 9.17) is 0 Å². The lowest BCUT2D eigenvalue weighted by Gasteiger charge is -2.16. The van der Waals surface area contributed by atoms with Crippen LogP contribution in [0.1, 0.15) is 28.9 Å². The van der Waals surface area contributed by atoms with Gasteiger partial charge in [-0.1, -0.05) is 36.4 Å². The lowest BCUT2D eigenvalue weighted by Crippen LogP contribution is -2.26. The number of amides is 1. The van der Waals surface area contributed by atoms with Crippen molar-refractivity contribution in [2.45, 2.75) is 17.9 Å². The number of carbonyl (C=O) groups is 1. The number of sulfonamides is 1. The first kappa shape index (κ1) is 21.3. The molecule has 1 atom stereocenters. The Labute approximate surface area is 186 Å². The summed E-state index contributed by atoms with van der Waals surface area (Å²) in [5.74, 6) is -0.294. The van der Waals surface area contributed by atoms with Crippen LogP contribution in [0.2, 0.25) is 0 Å². The standard InChI is InChI=1S/C24H22N4O3S/c1-18(19-10-12-22(13-11-19)28-15-14-25-17-28)26-24(29)20-6-5-7-21(16-20)27-32(30,31)23-8-3-2-4-9-23/h2-18,27H,1H3,(H,26,29)/t18-/m1/s1. The number of rotatable bonds is 7. The first-order chi connectivity index (χ1) is 15.4. The topological polar surface area (TPSA) is 93.1 Å². The van der Waals surface area contributed by atoms with Crippen LogP contribution in [0.4, 0.5) is 5.69 Å². The molecule has 3 aromatic carbocycles. The summed E-state index contributed by atoms with van der Waals surface area (Å²) in [7, 11) is -3.73. The van der Waals surface area contributed by atoms with Crippen LogP contribution in [-0.2, 0) is 10.0 Å². The lowest BCUT2D eigenvalue weighted by molar-refractivity contribution is 0.0940. The molecule has 8 heteroatoms. The first-order valence-corrected chi connectivity index (χ1v) is 11.5. The van der Waals surface area contributed by atoms with Crippen LogP contribution in [0.25, 0.3) is 5.69 Å². The largest absolute Gasteiger partial charge is 0.346 e. The van der Waals surface area contributed by atoms with E-state index in [1.165, 1.54) is 18.2 Å². The number of benzene rings is 3. The van der Waals surface area contributed by atoms with Crippen LogP contribution >= 0.6 is 0 Å². The Bertz CT molecular complexity index is 1300. The van der Waals surface area contributed by atoms with Gasteiger partial charge in [-0.05, 0) is 55.0 Å². The second-order valence-electron chi connectivity index (χ2n) is 7.26. The molecule has 0 unspecified atom stereocenters. The maximum Gasteiger partial charge on any atom is 0.261 e. The van der Waals surface area contributed by atoms with Gasteiger partial charge in [0.15, 0.2) is 0 Å². The maximum atomic E-state index is 12.8. The van der Waals surface area contributed by atoms with E-state index < -0.39 is 10.0 Å². The van der Waals surface area contributed by atoms with E-state index in [0.29, 0.717) is 11.3 Å². The molecule has 162 valence electrons. The van der Waals surface area contributed by atoms with Gasteiger partial charge in [0.05, 0.1) is 17.3 Å². The Kier molecular flexibility index (Phi) is 6.04. The number of anilines is 1. The fourth-order valence-electron chi connectivity index (χ4n) is 3.25. The summed E-state index contributed by atoms with van der Waals surface area (Å²) in [4.78, 5) is 17.0. The predicted molar refractivity (Wildman–Crippen MR) is 123 cm³/mol. The van der Waals surface area contributed by atoms with Crippen molar-refractivity contribution in [2.75, 3.05) is 4.72 Å². The summed E-state index contributed by atoms with van der Waals surface area (Å²) in [6.45, 7) is 1.89. The summed E-state index contributed by atoms with van der Waals surface area (Å²) >= 11 is 0. The van der Waals surface area contributed by atoms with Crippen molar-refractivity contribution in [3.8, 4) is 5.69 Å². The molecular formula is C24H22N4O3S. The smallest absolute Gasteiger partial charge is 0.261 e. The van der Waals surface area contributed by atoms with E-state index in [-0.39, 0.29) is 16.8 Å². The fourth-order valence-corrected chi connectivity index (χ4v) is 4.32. The van der Waals surface area contributed by atoms with E-state index in [1.54, 1.807) is 48.9 Å². The molecule has 1 heterocycles. The fraction of sp³-hybridized carbons (Fsp3) is 0.0833. The number of nitrogens with zero attached hydrogens (tertiary/aromatic N) is 2. The second-order valence-corrected chi connectivity index (χ2v) is 8.94. The van der Waals surface area contributed by atoms with Gasteiger partial charge in [0, 0.05) is 29.3 Å². The molecule has 0 spiro atoms. The zero-order valence-electron chi connectivity index (χ0n) is 17.3.